The average Bonchev–Trinajstić information content (AvgIpc) is 2.81. The lowest BCUT2D eigenvalue weighted by Crippen LogP contribution is -2.28. The van der Waals surface area contributed by atoms with Crippen molar-refractivity contribution < 1.29 is 17.9 Å². The molecule has 0 atom stereocenters. The zero-order chi connectivity index (χ0) is 24.7. The summed E-state index contributed by atoms with van der Waals surface area (Å²) in [6, 6.07) is 18.0. The lowest BCUT2D eigenvalue weighted by molar-refractivity contribution is 0.0946. The predicted molar refractivity (Wildman–Crippen MR) is 136 cm³/mol. The Hall–Kier alpha value is -3.32. The lowest BCUT2D eigenvalue weighted by Gasteiger charge is -2.14. The summed E-state index contributed by atoms with van der Waals surface area (Å²) in [6.45, 7) is 8.25. The van der Waals surface area contributed by atoms with Gasteiger partial charge in [0.1, 0.15) is 12.4 Å². The Kier molecular flexibility index (Phi) is 8.34. The van der Waals surface area contributed by atoms with Gasteiger partial charge >= 0.3 is 0 Å². The van der Waals surface area contributed by atoms with Crippen LogP contribution in [0, 0.1) is 20.8 Å². The van der Waals surface area contributed by atoms with Gasteiger partial charge in [0.15, 0.2) is 0 Å². The van der Waals surface area contributed by atoms with Crippen LogP contribution >= 0.6 is 0 Å². The number of nitrogens with one attached hydrogen (secondary N) is 2. The summed E-state index contributed by atoms with van der Waals surface area (Å²) >= 11 is 0. The van der Waals surface area contributed by atoms with Crippen LogP contribution in [-0.2, 0) is 16.4 Å². The van der Waals surface area contributed by atoms with Gasteiger partial charge in [-0.15, -0.1) is 0 Å². The van der Waals surface area contributed by atoms with Gasteiger partial charge in [0, 0.05) is 5.56 Å². The SMILES string of the molecule is CCCc1ccc(OCCNC(=O)c2ccc(C)c(S(=O)(=O)Nc3cccc(C)c3C)c2)cc1. The third-order valence-corrected chi connectivity index (χ3v) is 7.21. The van der Waals surface area contributed by atoms with Crippen molar-refractivity contribution in [1.82, 2.24) is 5.32 Å². The minimum absolute atomic E-state index is 0.0736. The number of hydrogen-bond donors (Lipinski definition) is 2. The highest BCUT2D eigenvalue weighted by Crippen LogP contribution is 2.24. The van der Waals surface area contributed by atoms with Crippen LogP contribution in [0.1, 0.15) is 46.0 Å². The molecule has 0 aliphatic rings. The minimum Gasteiger partial charge on any atom is -0.492 e. The minimum atomic E-state index is -3.86. The van der Waals surface area contributed by atoms with Gasteiger partial charge in [-0.2, -0.15) is 0 Å². The maximum absolute atomic E-state index is 13.1. The van der Waals surface area contributed by atoms with Crippen LogP contribution in [0.25, 0.3) is 0 Å². The molecule has 0 bridgehead atoms. The molecule has 6 nitrogen and oxygen atoms in total. The average molecular weight is 481 g/mol. The highest BCUT2D eigenvalue weighted by molar-refractivity contribution is 7.92. The number of rotatable bonds is 10. The number of anilines is 1. The van der Waals surface area contributed by atoms with Crippen molar-refractivity contribution >= 4 is 21.6 Å². The lowest BCUT2D eigenvalue weighted by atomic mass is 10.1. The van der Waals surface area contributed by atoms with Crippen LogP contribution in [0.15, 0.2) is 65.6 Å². The van der Waals surface area contributed by atoms with Crippen LogP contribution in [-0.4, -0.2) is 27.5 Å². The van der Waals surface area contributed by atoms with Gasteiger partial charge in [0.2, 0.25) is 0 Å². The van der Waals surface area contributed by atoms with E-state index in [1.165, 1.54) is 11.6 Å². The van der Waals surface area contributed by atoms with Crippen molar-refractivity contribution in [2.75, 3.05) is 17.9 Å². The Balaban J connectivity index is 1.63. The summed E-state index contributed by atoms with van der Waals surface area (Å²) in [5.74, 6) is 0.389. The second-order valence-corrected chi connectivity index (χ2v) is 9.98. The van der Waals surface area contributed by atoms with E-state index in [-0.39, 0.29) is 16.4 Å². The van der Waals surface area contributed by atoms with E-state index in [1.54, 1.807) is 31.2 Å². The van der Waals surface area contributed by atoms with Gasteiger partial charge in [-0.05, 0) is 79.8 Å². The molecule has 3 aromatic rings. The number of sulfonamides is 1. The number of ether oxygens (including phenoxy) is 1. The third-order valence-electron chi connectivity index (χ3n) is 5.71. The van der Waals surface area contributed by atoms with E-state index in [0.717, 1.165) is 29.7 Å². The van der Waals surface area contributed by atoms with Crippen LogP contribution in [0.3, 0.4) is 0 Å². The molecule has 2 N–H and O–H groups in total. The Morgan fingerprint density at radius 1 is 0.941 bits per heavy atom. The highest BCUT2D eigenvalue weighted by Gasteiger charge is 2.20. The van der Waals surface area contributed by atoms with Gasteiger partial charge < -0.3 is 10.1 Å². The van der Waals surface area contributed by atoms with Crippen LogP contribution < -0.4 is 14.8 Å². The molecule has 0 radical (unpaired) electrons. The number of hydrogen-bond acceptors (Lipinski definition) is 4. The van der Waals surface area contributed by atoms with Gasteiger partial charge in [-0.25, -0.2) is 8.42 Å². The van der Waals surface area contributed by atoms with Crippen molar-refractivity contribution in [2.24, 2.45) is 0 Å². The first-order valence-corrected chi connectivity index (χ1v) is 12.9. The third kappa shape index (κ3) is 6.38. The number of amides is 1. The summed E-state index contributed by atoms with van der Waals surface area (Å²) < 4.78 is 34.5. The normalized spacial score (nSPS) is 11.2. The first kappa shape index (κ1) is 25.3. The fourth-order valence-corrected chi connectivity index (χ4v) is 4.96. The first-order chi connectivity index (χ1) is 16.2. The Morgan fingerprint density at radius 3 is 2.38 bits per heavy atom. The van der Waals surface area contributed by atoms with Crippen molar-refractivity contribution in [3.8, 4) is 5.75 Å². The van der Waals surface area contributed by atoms with Crippen molar-refractivity contribution in [2.45, 2.75) is 45.4 Å². The topological polar surface area (TPSA) is 84.5 Å². The van der Waals surface area contributed by atoms with E-state index >= 15 is 0 Å². The summed E-state index contributed by atoms with van der Waals surface area (Å²) in [5.41, 5.74) is 4.47. The predicted octanol–water partition coefficient (Wildman–Crippen LogP) is 5.17. The molecule has 0 saturated heterocycles. The van der Waals surface area contributed by atoms with Crippen LogP contribution in [0.4, 0.5) is 5.69 Å². The Morgan fingerprint density at radius 2 is 1.68 bits per heavy atom. The molecule has 0 aliphatic carbocycles. The van der Waals surface area contributed by atoms with Gasteiger partial charge in [0.05, 0.1) is 17.1 Å². The second kappa shape index (κ2) is 11.2. The maximum Gasteiger partial charge on any atom is 0.262 e. The molecule has 0 fully saturated rings. The molecule has 0 spiro atoms. The van der Waals surface area contributed by atoms with E-state index in [4.69, 9.17) is 4.74 Å². The molecule has 180 valence electrons. The van der Waals surface area contributed by atoms with Crippen molar-refractivity contribution in [3.05, 3.63) is 88.5 Å². The molecule has 0 unspecified atom stereocenters. The molecule has 34 heavy (non-hydrogen) atoms. The number of aryl methyl sites for hydroxylation is 3. The molecule has 7 heteroatoms. The summed E-state index contributed by atoms with van der Waals surface area (Å²) in [4.78, 5) is 12.7. The van der Waals surface area contributed by atoms with Gasteiger partial charge in [-0.3, -0.25) is 9.52 Å². The Labute approximate surface area is 202 Å². The standard InChI is InChI=1S/C27H32N2O4S/c1-5-7-22-11-14-24(15-12-22)33-17-16-28-27(30)23-13-10-20(3)26(18-23)34(31,32)29-25-9-6-8-19(2)21(25)4/h6,8-15,18,29H,5,7,16-17H2,1-4H3,(H,28,30). The molecule has 0 heterocycles. The molecule has 0 aliphatic heterocycles. The van der Waals surface area contributed by atoms with E-state index < -0.39 is 10.0 Å². The van der Waals surface area contributed by atoms with Crippen molar-refractivity contribution in [1.29, 1.82) is 0 Å². The number of carbonyl (C=O) groups is 1. The quantitative estimate of drug-likeness (QED) is 0.392. The van der Waals surface area contributed by atoms with Crippen molar-refractivity contribution in [3.63, 3.8) is 0 Å². The molecule has 1 amide bonds. The molecule has 3 aromatic carbocycles. The number of carbonyl (C=O) groups excluding carboxylic acids is 1. The number of benzene rings is 3. The largest absolute Gasteiger partial charge is 0.492 e. The van der Waals surface area contributed by atoms with E-state index in [1.807, 2.05) is 44.2 Å². The first-order valence-electron chi connectivity index (χ1n) is 11.4. The van der Waals surface area contributed by atoms with E-state index in [9.17, 15) is 13.2 Å². The van der Waals surface area contributed by atoms with Crippen LogP contribution in [0.2, 0.25) is 0 Å². The monoisotopic (exact) mass is 480 g/mol. The fourth-order valence-electron chi connectivity index (χ4n) is 3.57. The molecule has 0 aromatic heterocycles. The van der Waals surface area contributed by atoms with E-state index in [2.05, 4.69) is 17.0 Å². The summed E-state index contributed by atoms with van der Waals surface area (Å²) in [7, 11) is -3.86. The smallest absolute Gasteiger partial charge is 0.262 e. The zero-order valence-electron chi connectivity index (χ0n) is 20.1. The zero-order valence-corrected chi connectivity index (χ0v) is 21.0. The van der Waals surface area contributed by atoms with Gasteiger partial charge in [0.25, 0.3) is 15.9 Å². The van der Waals surface area contributed by atoms with Crippen LogP contribution in [0.5, 0.6) is 5.75 Å². The van der Waals surface area contributed by atoms with E-state index in [0.29, 0.717) is 24.4 Å². The fraction of sp³-hybridized carbons (Fsp3) is 0.296. The Bertz CT molecular complexity index is 1250. The summed E-state index contributed by atoms with van der Waals surface area (Å²) in [5, 5.41) is 2.79. The molecule has 3 rings (SSSR count). The second-order valence-electron chi connectivity index (χ2n) is 8.33. The maximum atomic E-state index is 13.1. The molecule has 0 saturated carbocycles. The highest BCUT2D eigenvalue weighted by atomic mass is 32.2. The molecular formula is C27H32N2O4S. The van der Waals surface area contributed by atoms with Gasteiger partial charge in [-0.1, -0.05) is 43.7 Å². The summed E-state index contributed by atoms with van der Waals surface area (Å²) in [6.07, 6.45) is 2.13. The molecular weight excluding hydrogens is 448 g/mol.